The topological polar surface area (TPSA) is 73.3 Å². The number of hydrogen-bond donors (Lipinski definition) is 3. The minimum atomic E-state index is 0.193. The van der Waals surface area contributed by atoms with E-state index in [-0.39, 0.29) is 6.61 Å². The summed E-state index contributed by atoms with van der Waals surface area (Å²) in [4.78, 5) is 10.8. The Bertz CT molecular complexity index is 379. The molecule has 0 spiro atoms. The zero-order valence-corrected chi connectivity index (χ0v) is 11.5. The van der Waals surface area contributed by atoms with Gasteiger partial charge in [0.05, 0.1) is 0 Å². The lowest BCUT2D eigenvalue weighted by Gasteiger charge is -2.29. The number of hydrogen-bond acceptors (Lipinski definition) is 6. The number of aliphatic hydroxyl groups excluding tert-OH is 1. The summed E-state index contributed by atoms with van der Waals surface area (Å²) in [5, 5.41) is 15.4. The highest BCUT2D eigenvalue weighted by Gasteiger charge is 2.16. The van der Waals surface area contributed by atoms with E-state index in [4.69, 9.17) is 5.11 Å². The molecule has 19 heavy (non-hydrogen) atoms. The van der Waals surface area contributed by atoms with Crippen LogP contribution < -0.4 is 10.6 Å². The zero-order chi connectivity index (χ0) is 13.5. The van der Waals surface area contributed by atoms with Gasteiger partial charge in [-0.2, -0.15) is 0 Å². The van der Waals surface area contributed by atoms with Crippen LogP contribution in [0, 0.1) is 0 Å². The van der Waals surface area contributed by atoms with E-state index in [9.17, 15) is 0 Å². The molecule has 0 saturated carbocycles. The van der Waals surface area contributed by atoms with Crippen molar-refractivity contribution in [3.63, 3.8) is 0 Å². The van der Waals surface area contributed by atoms with Crippen molar-refractivity contribution in [1.82, 2.24) is 14.9 Å². The van der Waals surface area contributed by atoms with Crippen molar-refractivity contribution in [1.29, 1.82) is 0 Å². The smallest absolute Gasteiger partial charge is 0.131 e. The predicted molar refractivity (Wildman–Crippen MR) is 76.4 cm³/mol. The summed E-state index contributed by atoms with van der Waals surface area (Å²) in [7, 11) is 2.16. The molecule has 1 aromatic rings. The summed E-state index contributed by atoms with van der Waals surface area (Å²) < 4.78 is 0. The highest BCUT2D eigenvalue weighted by molar-refractivity contribution is 5.46. The van der Waals surface area contributed by atoms with E-state index in [0.29, 0.717) is 6.04 Å². The molecule has 0 atom stereocenters. The van der Waals surface area contributed by atoms with E-state index in [1.165, 1.54) is 0 Å². The molecule has 3 N–H and O–H groups in total. The van der Waals surface area contributed by atoms with Gasteiger partial charge in [-0.25, -0.2) is 9.97 Å². The van der Waals surface area contributed by atoms with E-state index in [1.54, 1.807) is 6.33 Å². The molecule has 1 aliphatic heterocycles. The number of rotatable bonds is 6. The molecule has 1 aromatic heterocycles. The average molecular weight is 265 g/mol. The number of nitrogens with zero attached hydrogens (tertiary/aromatic N) is 3. The molecule has 0 unspecified atom stereocenters. The van der Waals surface area contributed by atoms with E-state index >= 15 is 0 Å². The van der Waals surface area contributed by atoms with E-state index < -0.39 is 0 Å². The fraction of sp³-hybridized carbons (Fsp3) is 0.692. The van der Waals surface area contributed by atoms with Gasteiger partial charge in [-0.1, -0.05) is 0 Å². The molecule has 106 valence electrons. The maximum Gasteiger partial charge on any atom is 0.131 e. The van der Waals surface area contributed by atoms with Gasteiger partial charge in [0.25, 0.3) is 0 Å². The first-order valence-electron chi connectivity index (χ1n) is 6.90. The average Bonchev–Trinajstić information content (AvgIpc) is 2.42. The van der Waals surface area contributed by atoms with Crippen molar-refractivity contribution in [2.45, 2.75) is 25.3 Å². The SMILES string of the molecule is CN1CCC(Nc2cc(NCCCO)ncn2)CC1. The quantitative estimate of drug-likeness (QED) is 0.660. The normalized spacial score (nSPS) is 17.4. The van der Waals surface area contributed by atoms with Crippen LogP contribution in [0.1, 0.15) is 19.3 Å². The van der Waals surface area contributed by atoms with Gasteiger partial charge in [0, 0.05) is 25.3 Å². The Labute approximate surface area is 114 Å². The maximum atomic E-state index is 8.75. The third-order valence-corrected chi connectivity index (χ3v) is 3.38. The van der Waals surface area contributed by atoms with Crippen LogP contribution >= 0.6 is 0 Å². The minimum Gasteiger partial charge on any atom is -0.396 e. The third-order valence-electron chi connectivity index (χ3n) is 3.38. The van der Waals surface area contributed by atoms with E-state index in [2.05, 4.69) is 32.5 Å². The Morgan fingerprint density at radius 3 is 2.79 bits per heavy atom. The van der Waals surface area contributed by atoms with E-state index in [0.717, 1.165) is 50.5 Å². The molecular weight excluding hydrogens is 242 g/mol. The summed E-state index contributed by atoms with van der Waals surface area (Å²) in [6.45, 7) is 3.18. The van der Waals surface area contributed by atoms with Crippen molar-refractivity contribution in [3.05, 3.63) is 12.4 Å². The van der Waals surface area contributed by atoms with Crippen LogP contribution in [-0.4, -0.2) is 59.3 Å². The molecule has 6 nitrogen and oxygen atoms in total. The minimum absolute atomic E-state index is 0.193. The van der Waals surface area contributed by atoms with Gasteiger partial charge in [0.2, 0.25) is 0 Å². The lowest BCUT2D eigenvalue weighted by molar-refractivity contribution is 0.263. The summed E-state index contributed by atoms with van der Waals surface area (Å²) >= 11 is 0. The van der Waals surface area contributed by atoms with Crippen molar-refractivity contribution in [2.75, 3.05) is 43.9 Å². The predicted octanol–water partition coefficient (Wildman–Crippen LogP) is 0.777. The summed E-state index contributed by atoms with van der Waals surface area (Å²) in [6.07, 6.45) is 4.59. The van der Waals surface area contributed by atoms with Gasteiger partial charge >= 0.3 is 0 Å². The van der Waals surface area contributed by atoms with Gasteiger partial charge in [-0.15, -0.1) is 0 Å². The summed E-state index contributed by atoms with van der Waals surface area (Å²) in [5.41, 5.74) is 0. The highest BCUT2D eigenvalue weighted by atomic mass is 16.3. The first kappa shape index (κ1) is 14.0. The Morgan fingerprint density at radius 1 is 1.32 bits per heavy atom. The van der Waals surface area contributed by atoms with Crippen LogP contribution in [0.15, 0.2) is 12.4 Å². The number of nitrogens with one attached hydrogen (secondary N) is 2. The molecule has 1 aliphatic rings. The number of aromatic nitrogens is 2. The first-order chi connectivity index (χ1) is 9.28. The number of likely N-dealkylation sites (tertiary alicyclic amines) is 1. The van der Waals surface area contributed by atoms with Crippen LogP contribution in [-0.2, 0) is 0 Å². The molecule has 1 fully saturated rings. The Morgan fingerprint density at radius 2 is 2.05 bits per heavy atom. The molecular formula is C13H23N5O. The second-order valence-corrected chi connectivity index (χ2v) is 5.01. The second kappa shape index (κ2) is 7.25. The van der Waals surface area contributed by atoms with Crippen molar-refractivity contribution in [3.8, 4) is 0 Å². The zero-order valence-electron chi connectivity index (χ0n) is 11.5. The van der Waals surface area contributed by atoms with Crippen LogP contribution in [0.25, 0.3) is 0 Å². The Hall–Kier alpha value is -1.40. The third kappa shape index (κ3) is 4.65. The fourth-order valence-corrected chi connectivity index (χ4v) is 2.19. The molecule has 1 saturated heterocycles. The summed E-state index contributed by atoms with van der Waals surface area (Å²) in [5.74, 6) is 1.68. The number of piperidine rings is 1. The molecule has 0 aliphatic carbocycles. The molecule has 0 aromatic carbocycles. The maximum absolute atomic E-state index is 8.75. The largest absolute Gasteiger partial charge is 0.396 e. The fourth-order valence-electron chi connectivity index (χ4n) is 2.19. The van der Waals surface area contributed by atoms with Crippen LogP contribution in [0.4, 0.5) is 11.6 Å². The molecule has 6 heteroatoms. The van der Waals surface area contributed by atoms with Gasteiger partial charge in [-0.3, -0.25) is 0 Å². The highest BCUT2D eigenvalue weighted by Crippen LogP contribution is 2.15. The first-order valence-corrected chi connectivity index (χ1v) is 6.90. The molecule has 0 radical (unpaired) electrons. The number of anilines is 2. The van der Waals surface area contributed by atoms with Crippen LogP contribution in [0.3, 0.4) is 0 Å². The molecule has 2 heterocycles. The van der Waals surface area contributed by atoms with Crippen LogP contribution in [0.2, 0.25) is 0 Å². The van der Waals surface area contributed by atoms with Crippen molar-refractivity contribution in [2.24, 2.45) is 0 Å². The van der Waals surface area contributed by atoms with Crippen LogP contribution in [0.5, 0.6) is 0 Å². The molecule has 0 amide bonds. The van der Waals surface area contributed by atoms with Gasteiger partial charge in [-0.05, 0) is 39.4 Å². The Balaban J connectivity index is 1.84. The second-order valence-electron chi connectivity index (χ2n) is 5.01. The number of aliphatic hydroxyl groups is 1. The van der Waals surface area contributed by atoms with Gasteiger partial charge in [0.15, 0.2) is 0 Å². The summed E-state index contributed by atoms with van der Waals surface area (Å²) in [6, 6.07) is 2.42. The molecule has 0 bridgehead atoms. The monoisotopic (exact) mass is 265 g/mol. The lowest BCUT2D eigenvalue weighted by atomic mass is 10.1. The van der Waals surface area contributed by atoms with Crippen molar-refractivity contribution >= 4 is 11.6 Å². The molecule has 2 rings (SSSR count). The lowest BCUT2D eigenvalue weighted by Crippen LogP contribution is -2.36. The standard InChI is InChI=1S/C13H23N5O/c1-18-6-3-11(4-7-18)17-13-9-12(15-10-16-13)14-5-2-8-19/h9-11,19H,2-8H2,1H3,(H2,14,15,16,17). The van der Waals surface area contributed by atoms with E-state index in [1.807, 2.05) is 6.07 Å². The Kier molecular flexibility index (Phi) is 5.35. The van der Waals surface area contributed by atoms with Crippen molar-refractivity contribution < 1.29 is 5.11 Å². The van der Waals surface area contributed by atoms with Gasteiger partial charge in [0.1, 0.15) is 18.0 Å². The van der Waals surface area contributed by atoms with Gasteiger partial charge < -0.3 is 20.6 Å².